The Kier molecular flexibility index (Phi) is 3.00. The summed E-state index contributed by atoms with van der Waals surface area (Å²) in [6, 6.07) is 0. The van der Waals surface area contributed by atoms with Gasteiger partial charge in [0.15, 0.2) is 0 Å². The minimum absolute atomic E-state index is 0.983. The van der Waals surface area contributed by atoms with E-state index in [0.717, 1.165) is 25.3 Å². The lowest BCUT2D eigenvalue weighted by molar-refractivity contribution is 0.744. The van der Waals surface area contributed by atoms with Crippen LogP contribution in [0.15, 0.2) is 17.1 Å². The summed E-state index contributed by atoms with van der Waals surface area (Å²) >= 11 is 0. The fourth-order valence-electron chi connectivity index (χ4n) is 0.892. The third-order valence-electron chi connectivity index (χ3n) is 1.43. The zero-order valence-corrected chi connectivity index (χ0v) is 6.43. The summed E-state index contributed by atoms with van der Waals surface area (Å²) in [7, 11) is 0. The first-order valence-electron chi connectivity index (χ1n) is 3.88. The summed E-state index contributed by atoms with van der Waals surface area (Å²) in [5.41, 5.74) is 0. The summed E-state index contributed by atoms with van der Waals surface area (Å²) in [5.74, 6) is 1.05. The number of hydrogen-bond acceptors (Lipinski definition) is 2. The molecule has 2 heteroatoms. The Hall–Kier alpha value is -0.790. The van der Waals surface area contributed by atoms with Gasteiger partial charge in [-0.25, -0.2) is 0 Å². The first kappa shape index (κ1) is 7.32. The van der Waals surface area contributed by atoms with Crippen molar-refractivity contribution in [2.75, 3.05) is 13.1 Å². The van der Waals surface area contributed by atoms with Gasteiger partial charge in [0.25, 0.3) is 0 Å². The van der Waals surface area contributed by atoms with Crippen LogP contribution < -0.4 is 5.32 Å². The molecule has 10 heavy (non-hydrogen) atoms. The molecule has 0 unspecified atom stereocenters. The van der Waals surface area contributed by atoms with Gasteiger partial charge in [-0.05, 0) is 18.9 Å². The molecule has 1 rings (SSSR count). The van der Waals surface area contributed by atoms with E-state index in [9.17, 15) is 0 Å². The zero-order chi connectivity index (χ0) is 7.23. The molecule has 0 spiro atoms. The van der Waals surface area contributed by atoms with Gasteiger partial charge in [-0.3, -0.25) is 4.99 Å². The molecular weight excluding hydrogens is 124 g/mol. The van der Waals surface area contributed by atoms with E-state index in [0.29, 0.717) is 0 Å². The quantitative estimate of drug-likeness (QED) is 0.612. The SMILES string of the molecule is CC/C=C\C1=NCCCN1. The van der Waals surface area contributed by atoms with Crippen LogP contribution in [0, 0.1) is 0 Å². The fraction of sp³-hybridized carbons (Fsp3) is 0.625. The molecule has 1 N–H and O–H groups in total. The molecular formula is C8H14N2. The van der Waals surface area contributed by atoms with Crippen molar-refractivity contribution >= 4 is 5.84 Å². The van der Waals surface area contributed by atoms with E-state index in [-0.39, 0.29) is 0 Å². The van der Waals surface area contributed by atoms with Crippen molar-refractivity contribution in [2.24, 2.45) is 4.99 Å². The largest absolute Gasteiger partial charge is 0.370 e. The second kappa shape index (κ2) is 4.09. The van der Waals surface area contributed by atoms with Crippen LogP contribution in [-0.2, 0) is 0 Å². The molecule has 1 heterocycles. The molecule has 2 nitrogen and oxygen atoms in total. The number of nitrogens with one attached hydrogen (secondary N) is 1. The lowest BCUT2D eigenvalue weighted by Crippen LogP contribution is -2.27. The molecule has 0 aromatic rings. The highest BCUT2D eigenvalue weighted by atomic mass is 15.0. The lowest BCUT2D eigenvalue weighted by atomic mass is 10.3. The van der Waals surface area contributed by atoms with Crippen LogP contribution in [0.1, 0.15) is 19.8 Å². The molecule has 0 saturated heterocycles. The van der Waals surface area contributed by atoms with E-state index in [1.165, 1.54) is 6.42 Å². The molecule has 0 fully saturated rings. The van der Waals surface area contributed by atoms with E-state index >= 15 is 0 Å². The molecule has 0 aliphatic carbocycles. The minimum Gasteiger partial charge on any atom is -0.370 e. The van der Waals surface area contributed by atoms with E-state index in [2.05, 4.69) is 29.4 Å². The molecule has 0 bridgehead atoms. The molecule has 0 atom stereocenters. The Balaban J connectivity index is 2.38. The number of aliphatic imine (C=N–C) groups is 1. The van der Waals surface area contributed by atoms with Gasteiger partial charge >= 0.3 is 0 Å². The van der Waals surface area contributed by atoms with E-state index in [1.807, 2.05) is 0 Å². The van der Waals surface area contributed by atoms with Crippen molar-refractivity contribution in [2.45, 2.75) is 19.8 Å². The molecule has 1 aliphatic rings. The average Bonchev–Trinajstić information content (AvgIpc) is 2.03. The highest BCUT2D eigenvalue weighted by molar-refractivity contribution is 5.93. The third kappa shape index (κ3) is 2.21. The van der Waals surface area contributed by atoms with Crippen LogP contribution >= 0.6 is 0 Å². The molecule has 0 aromatic heterocycles. The first-order valence-corrected chi connectivity index (χ1v) is 3.88. The Morgan fingerprint density at radius 2 is 2.60 bits per heavy atom. The van der Waals surface area contributed by atoms with Gasteiger partial charge in [0.2, 0.25) is 0 Å². The monoisotopic (exact) mass is 138 g/mol. The zero-order valence-electron chi connectivity index (χ0n) is 6.43. The van der Waals surface area contributed by atoms with Gasteiger partial charge < -0.3 is 5.32 Å². The smallest absolute Gasteiger partial charge is 0.120 e. The second-order valence-electron chi connectivity index (χ2n) is 2.36. The van der Waals surface area contributed by atoms with Crippen molar-refractivity contribution in [1.82, 2.24) is 5.32 Å². The van der Waals surface area contributed by atoms with Crippen LogP contribution in [0.5, 0.6) is 0 Å². The van der Waals surface area contributed by atoms with Crippen LogP contribution in [0.25, 0.3) is 0 Å². The Bertz CT molecular complexity index is 147. The third-order valence-corrected chi connectivity index (χ3v) is 1.43. The maximum Gasteiger partial charge on any atom is 0.120 e. The number of nitrogens with zero attached hydrogens (tertiary/aromatic N) is 1. The van der Waals surface area contributed by atoms with Gasteiger partial charge in [-0.2, -0.15) is 0 Å². The maximum absolute atomic E-state index is 4.29. The van der Waals surface area contributed by atoms with Gasteiger partial charge in [0, 0.05) is 13.1 Å². The number of allylic oxidation sites excluding steroid dienone is 1. The predicted molar refractivity (Wildman–Crippen MR) is 44.4 cm³/mol. The molecule has 56 valence electrons. The van der Waals surface area contributed by atoms with Crippen molar-refractivity contribution in [1.29, 1.82) is 0 Å². The number of amidine groups is 1. The highest BCUT2D eigenvalue weighted by Crippen LogP contribution is 1.91. The Morgan fingerprint density at radius 3 is 3.20 bits per heavy atom. The van der Waals surface area contributed by atoms with Crippen molar-refractivity contribution < 1.29 is 0 Å². The van der Waals surface area contributed by atoms with E-state index in [4.69, 9.17) is 0 Å². The molecule has 1 aliphatic heterocycles. The maximum atomic E-state index is 4.29. The van der Waals surface area contributed by atoms with Gasteiger partial charge in [0.1, 0.15) is 5.84 Å². The van der Waals surface area contributed by atoms with Gasteiger partial charge in [-0.15, -0.1) is 0 Å². The van der Waals surface area contributed by atoms with E-state index < -0.39 is 0 Å². The predicted octanol–water partition coefficient (Wildman–Crippen LogP) is 1.34. The van der Waals surface area contributed by atoms with Crippen LogP contribution in [0.2, 0.25) is 0 Å². The Labute approximate surface area is 62.0 Å². The lowest BCUT2D eigenvalue weighted by Gasteiger charge is -2.10. The standard InChI is InChI=1S/C8H14N2/c1-2-3-5-8-9-6-4-7-10-8/h3,5H,2,4,6-7H2,1H3,(H,9,10)/b5-3-. The molecule has 0 amide bonds. The highest BCUT2D eigenvalue weighted by Gasteiger charge is 1.97. The van der Waals surface area contributed by atoms with Crippen LogP contribution in [-0.4, -0.2) is 18.9 Å². The Morgan fingerprint density at radius 1 is 1.70 bits per heavy atom. The number of hydrogen-bond donors (Lipinski definition) is 1. The molecule has 0 radical (unpaired) electrons. The summed E-state index contributed by atoms with van der Waals surface area (Å²) < 4.78 is 0. The second-order valence-corrected chi connectivity index (χ2v) is 2.36. The molecule has 0 saturated carbocycles. The van der Waals surface area contributed by atoms with Crippen molar-refractivity contribution in [3.63, 3.8) is 0 Å². The van der Waals surface area contributed by atoms with Crippen molar-refractivity contribution in [3.8, 4) is 0 Å². The summed E-state index contributed by atoms with van der Waals surface area (Å²) in [6.07, 6.45) is 6.43. The fourth-order valence-corrected chi connectivity index (χ4v) is 0.892. The topological polar surface area (TPSA) is 24.4 Å². The normalized spacial score (nSPS) is 18.7. The average molecular weight is 138 g/mol. The van der Waals surface area contributed by atoms with Gasteiger partial charge in [0.05, 0.1) is 0 Å². The van der Waals surface area contributed by atoms with Crippen LogP contribution in [0.3, 0.4) is 0 Å². The summed E-state index contributed by atoms with van der Waals surface area (Å²) in [4.78, 5) is 4.29. The van der Waals surface area contributed by atoms with Crippen LogP contribution in [0.4, 0.5) is 0 Å². The van der Waals surface area contributed by atoms with Gasteiger partial charge in [-0.1, -0.05) is 13.0 Å². The summed E-state index contributed by atoms with van der Waals surface area (Å²) in [6.45, 7) is 4.18. The minimum atomic E-state index is 0.983. The van der Waals surface area contributed by atoms with Crippen molar-refractivity contribution in [3.05, 3.63) is 12.2 Å². The summed E-state index contributed by atoms with van der Waals surface area (Å²) in [5, 5.41) is 3.22. The number of rotatable bonds is 2. The molecule has 0 aromatic carbocycles. The first-order chi connectivity index (χ1) is 4.93. The van der Waals surface area contributed by atoms with E-state index in [1.54, 1.807) is 0 Å².